The second-order valence-electron chi connectivity index (χ2n) is 5.43. The van der Waals surface area contributed by atoms with E-state index in [9.17, 15) is 0 Å². The molecule has 108 valence electrons. The van der Waals surface area contributed by atoms with E-state index in [2.05, 4.69) is 45.3 Å². The molecule has 0 aliphatic heterocycles. The Morgan fingerprint density at radius 2 is 1.57 bits per heavy atom. The van der Waals surface area contributed by atoms with Crippen molar-refractivity contribution in [2.45, 2.75) is 0 Å². The Morgan fingerprint density at radius 1 is 0.696 bits per heavy atom. The minimum absolute atomic E-state index is 0.879. The molecule has 0 amide bonds. The summed E-state index contributed by atoms with van der Waals surface area (Å²) < 4.78 is 2.53. The van der Waals surface area contributed by atoms with Crippen LogP contribution in [0.5, 0.6) is 0 Å². The highest BCUT2D eigenvalue weighted by molar-refractivity contribution is 7.25. The second kappa shape index (κ2) is 4.83. The molecule has 0 saturated heterocycles. The standard InChI is InChI=1S/C19H11N3S/c1-2-6-18-13(5-1)14-10-21-16(9-19(14)23-18)15-8-12-4-3-7-20-17(12)11-22-15/h1-11H. The van der Waals surface area contributed by atoms with Crippen molar-refractivity contribution < 1.29 is 0 Å². The number of aromatic nitrogens is 3. The van der Waals surface area contributed by atoms with Crippen LogP contribution in [0.25, 0.3) is 42.5 Å². The summed E-state index contributed by atoms with van der Waals surface area (Å²) in [6, 6.07) is 16.6. The van der Waals surface area contributed by atoms with Gasteiger partial charge in [-0.3, -0.25) is 15.0 Å². The zero-order valence-corrected chi connectivity index (χ0v) is 12.9. The van der Waals surface area contributed by atoms with Crippen molar-refractivity contribution in [3.05, 3.63) is 67.1 Å². The molecular formula is C19H11N3S. The minimum Gasteiger partial charge on any atom is -0.255 e. The molecule has 0 spiro atoms. The van der Waals surface area contributed by atoms with Gasteiger partial charge in [0.1, 0.15) is 0 Å². The Labute approximate surface area is 136 Å². The summed E-state index contributed by atoms with van der Waals surface area (Å²) in [6.07, 6.45) is 5.55. The van der Waals surface area contributed by atoms with Gasteiger partial charge in [-0.1, -0.05) is 24.3 Å². The van der Waals surface area contributed by atoms with Crippen molar-refractivity contribution >= 4 is 42.4 Å². The highest BCUT2D eigenvalue weighted by atomic mass is 32.1. The van der Waals surface area contributed by atoms with E-state index in [1.165, 1.54) is 20.2 Å². The van der Waals surface area contributed by atoms with E-state index in [-0.39, 0.29) is 0 Å². The predicted octanol–water partition coefficient (Wildman–Crippen LogP) is 5.06. The van der Waals surface area contributed by atoms with Gasteiger partial charge in [0.25, 0.3) is 0 Å². The molecule has 4 heterocycles. The maximum absolute atomic E-state index is 4.63. The third-order valence-electron chi connectivity index (χ3n) is 4.01. The molecule has 0 N–H and O–H groups in total. The van der Waals surface area contributed by atoms with Gasteiger partial charge in [0.05, 0.1) is 23.1 Å². The van der Waals surface area contributed by atoms with Gasteiger partial charge in [0.15, 0.2) is 0 Å². The summed E-state index contributed by atoms with van der Waals surface area (Å²) >= 11 is 1.79. The van der Waals surface area contributed by atoms with Crippen LogP contribution in [0.15, 0.2) is 67.1 Å². The van der Waals surface area contributed by atoms with Gasteiger partial charge in [-0.25, -0.2) is 0 Å². The van der Waals surface area contributed by atoms with Crippen LogP contribution >= 0.6 is 11.3 Å². The minimum atomic E-state index is 0.879. The van der Waals surface area contributed by atoms with Gasteiger partial charge < -0.3 is 0 Å². The van der Waals surface area contributed by atoms with Crippen LogP contribution in [0.2, 0.25) is 0 Å². The molecule has 0 bridgehead atoms. The second-order valence-corrected chi connectivity index (χ2v) is 6.51. The highest BCUT2D eigenvalue weighted by Gasteiger charge is 2.08. The summed E-state index contributed by atoms with van der Waals surface area (Å²) in [7, 11) is 0. The molecule has 0 aliphatic carbocycles. The molecule has 0 unspecified atom stereocenters. The lowest BCUT2D eigenvalue weighted by molar-refractivity contribution is 1.26. The van der Waals surface area contributed by atoms with E-state index in [1.54, 1.807) is 17.5 Å². The largest absolute Gasteiger partial charge is 0.255 e. The zero-order chi connectivity index (χ0) is 15.2. The van der Waals surface area contributed by atoms with Gasteiger partial charge in [-0.05, 0) is 24.3 Å². The average Bonchev–Trinajstić information content (AvgIpc) is 2.99. The fourth-order valence-corrected chi connectivity index (χ4v) is 3.99. The first kappa shape index (κ1) is 12.7. The van der Waals surface area contributed by atoms with Crippen molar-refractivity contribution in [3.63, 3.8) is 0 Å². The molecule has 4 aromatic heterocycles. The van der Waals surface area contributed by atoms with Crippen LogP contribution in [0, 0.1) is 0 Å². The topological polar surface area (TPSA) is 38.7 Å². The SMILES string of the molecule is c1cnc2cnc(-c3cc4sc5ccccc5c4cn3)cc2c1. The lowest BCUT2D eigenvalue weighted by Crippen LogP contribution is -1.88. The van der Waals surface area contributed by atoms with Gasteiger partial charge in [-0.2, -0.15) is 0 Å². The van der Waals surface area contributed by atoms with Crippen LogP contribution in [-0.4, -0.2) is 15.0 Å². The van der Waals surface area contributed by atoms with Gasteiger partial charge in [0.2, 0.25) is 0 Å². The quantitative estimate of drug-likeness (QED) is 0.434. The van der Waals surface area contributed by atoms with Gasteiger partial charge in [-0.15, -0.1) is 11.3 Å². The first-order valence-corrected chi connectivity index (χ1v) is 8.18. The molecule has 0 aliphatic rings. The summed E-state index contributed by atoms with van der Waals surface area (Å²) in [5, 5.41) is 3.55. The van der Waals surface area contributed by atoms with E-state index >= 15 is 0 Å². The number of thiophene rings is 1. The molecule has 5 rings (SSSR count). The third-order valence-corrected chi connectivity index (χ3v) is 5.15. The molecule has 0 atom stereocenters. The van der Waals surface area contributed by atoms with E-state index in [1.807, 2.05) is 30.6 Å². The average molecular weight is 313 g/mol. The Kier molecular flexibility index (Phi) is 2.66. The fourth-order valence-electron chi connectivity index (χ4n) is 2.88. The fraction of sp³-hybridized carbons (Fsp3) is 0. The van der Waals surface area contributed by atoms with Crippen LogP contribution in [-0.2, 0) is 0 Å². The first-order chi connectivity index (χ1) is 11.4. The monoisotopic (exact) mass is 313 g/mol. The van der Waals surface area contributed by atoms with Crippen molar-refractivity contribution in [2.75, 3.05) is 0 Å². The Morgan fingerprint density at radius 3 is 2.57 bits per heavy atom. The maximum Gasteiger partial charge on any atom is 0.0900 e. The van der Waals surface area contributed by atoms with Crippen LogP contribution in [0.4, 0.5) is 0 Å². The molecule has 1 aromatic carbocycles. The van der Waals surface area contributed by atoms with Crippen molar-refractivity contribution in [1.29, 1.82) is 0 Å². The van der Waals surface area contributed by atoms with Gasteiger partial charge >= 0.3 is 0 Å². The maximum atomic E-state index is 4.63. The van der Waals surface area contributed by atoms with E-state index in [0.29, 0.717) is 0 Å². The van der Waals surface area contributed by atoms with E-state index < -0.39 is 0 Å². The number of rotatable bonds is 1. The van der Waals surface area contributed by atoms with Crippen LogP contribution < -0.4 is 0 Å². The summed E-state index contributed by atoms with van der Waals surface area (Å²) in [5.74, 6) is 0. The van der Waals surface area contributed by atoms with Crippen LogP contribution in [0.3, 0.4) is 0 Å². The van der Waals surface area contributed by atoms with Crippen molar-refractivity contribution in [3.8, 4) is 11.4 Å². The number of fused-ring (bicyclic) bond motifs is 4. The van der Waals surface area contributed by atoms with Gasteiger partial charge in [0, 0.05) is 38.0 Å². The zero-order valence-electron chi connectivity index (χ0n) is 12.1. The molecule has 5 aromatic rings. The van der Waals surface area contributed by atoms with Crippen molar-refractivity contribution in [1.82, 2.24) is 15.0 Å². The molecule has 0 radical (unpaired) electrons. The smallest absolute Gasteiger partial charge is 0.0900 e. The number of pyridine rings is 3. The first-order valence-electron chi connectivity index (χ1n) is 7.37. The van der Waals surface area contributed by atoms with E-state index in [0.717, 1.165) is 22.3 Å². The summed E-state index contributed by atoms with van der Waals surface area (Å²) in [6.45, 7) is 0. The number of benzene rings is 1. The number of hydrogen-bond acceptors (Lipinski definition) is 4. The lowest BCUT2D eigenvalue weighted by atomic mass is 10.1. The molecular weight excluding hydrogens is 302 g/mol. The lowest BCUT2D eigenvalue weighted by Gasteiger charge is -2.02. The molecule has 3 nitrogen and oxygen atoms in total. The molecule has 4 heteroatoms. The highest BCUT2D eigenvalue weighted by Crippen LogP contribution is 2.34. The number of hydrogen-bond donors (Lipinski definition) is 0. The number of nitrogens with zero attached hydrogens (tertiary/aromatic N) is 3. The Balaban J connectivity index is 1.73. The molecule has 23 heavy (non-hydrogen) atoms. The molecule has 0 fully saturated rings. The predicted molar refractivity (Wildman–Crippen MR) is 95.7 cm³/mol. The van der Waals surface area contributed by atoms with Crippen molar-refractivity contribution in [2.24, 2.45) is 0 Å². The Hall–Kier alpha value is -2.85. The summed E-state index contributed by atoms with van der Waals surface area (Å²) in [5.41, 5.74) is 2.68. The third kappa shape index (κ3) is 1.99. The molecule has 0 saturated carbocycles. The van der Waals surface area contributed by atoms with Crippen LogP contribution in [0.1, 0.15) is 0 Å². The Bertz CT molecular complexity index is 1180. The summed E-state index contributed by atoms with van der Waals surface area (Å²) in [4.78, 5) is 13.5. The van der Waals surface area contributed by atoms with E-state index in [4.69, 9.17) is 0 Å². The normalized spacial score (nSPS) is 11.5.